The van der Waals surface area contributed by atoms with Crippen LogP contribution in [0.15, 0.2) is 24.5 Å². The lowest BCUT2D eigenvalue weighted by Gasteiger charge is -2.55. The number of ether oxygens (including phenoxy) is 1. The van der Waals surface area contributed by atoms with Crippen molar-refractivity contribution in [2.45, 2.75) is 45.1 Å². The van der Waals surface area contributed by atoms with Crippen LogP contribution in [-0.2, 0) is 7.05 Å². The monoisotopic (exact) mass is 426 g/mol. The maximum Gasteiger partial charge on any atom is 0.143 e. The molecule has 0 bridgehead atoms. The molecule has 0 radical (unpaired) electrons. The normalized spacial score (nSPS) is 18.5. The summed E-state index contributed by atoms with van der Waals surface area (Å²) in [5.74, 6) is 0.739. The number of nitrogens with zero attached hydrogens (tertiary/aromatic N) is 4. The summed E-state index contributed by atoms with van der Waals surface area (Å²) >= 11 is 0. The van der Waals surface area contributed by atoms with Gasteiger partial charge in [0.1, 0.15) is 5.75 Å². The summed E-state index contributed by atoms with van der Waals surface area (Å²) in [4.78, 5) is 5.12. The van der Waals surface area contributed by atoms with Crippen molar-refractivity contribution in [3.05, 3.63) is 24.5 Å². The molecular weight excluding hydrogens is 388 g/mol. The summed E-state index contributed by atoms with van der Waals surface area (Å²) in [6, 6.07) is 4.85. The van der Waals surface area contributed by atoms with Crippen LogP contribution in [-0.4, -0.2) is 60.6 Å². The number of nitrogens with two attached hydrogens (primary N) is 2. The van der Waals surface area contributed by atoms with Crippen molar-refractivity contribution in [3.63, 3.8) is 0 Å². The highest BCUT2D eigenvalue weighted by Crippen LogP contribution is 2.52. The summed E-state index contributed by atoms with van der Waals surface area (Å²) in [5, 5.41) is 4.36. The zero-order valence-corrected chi connectivity index (χ0v) is 19.3. The number of anilines is 2. The Morgan fingerprint density at radius 2 is 1.97 bits per heavy atom. The molecule has 1 aromatic heterocycles. The Kier molecular flexibility index (Phi) is 6.44. The Hall–Kier alpha value is -2.25. The topological polar surface area (TPSA) is 85.6 Å². The van der Waals surface area contributed by atoms with E-state index in [1.54, 1.807) is 7.11 Å². The fraction of sp³-hybridized carbons (Fsp3) is 0.625. The Morgan fingerprint density at radius 3 is 2.55 bits per heavy atom. The Labute approximate surface area is 186 Å². The first-order valence-corrected chi connectivity index (χ1v) is 11.6. The number of piperidine rings is 1. The smallest absolute Gasteiger partial charge is 0.143 e. The standard InChI is InChI=1S/C24H38N6O/c1-4-8-29(11-7-25)19-14-24(15-19)5-9-30(10-6-24)22-13-23(31-3)21(26)12-20(22)18-16-27-28(2)17-18/h12-13,16-17,19H,4-11,14-15,25-26H2,1-3H3. The van der Waals surface area contributed by atoms with Gasteiger partial charge in [-0.05, 0) is 50.1 Å². The maximum atomic E-state index is 6.26. The molecule has 0 amide bonds. The molecule has 0 atom stereocenters. The van der Waals surface area contributed by atoms with Crippen molar-refractivity contribution >= 4 is 11.4 Å². The molecule has 2 aromatic rings. The van der Waals surface area contributed by atoms with Gasteiger partial charge in [-0.15, -0.1) is 0 Å². The van der Waals surface area contributed by atoms with E-state index in [4.69, 9.17) is 16.2 Å². The van der Waals surface area contributed by atoms with Gasteiger partial charge in [-0.3, -0.25) is 9.58 Å². The molecule has 1 spiro atoms. The van der Waals surface area contributed by atoms with Crippen LogP contribution in [0.3, 0.4) is 0 Å². The van der Waals surface area contributed by atoms with Crippen LogP contribution >= 0.6 is 0 Å². The molecule has 7 heteroatoms. The highest BCUT2D eigenvalue weighted by atomic mass is 16.5. The van der Waals surface area contributed by atoms with Crippen molar-refractivity contribution < 1.29 is 4.74 Å². The first-order valence-electron chi connectivity index (χ1n) is 11.6. The van der Waals surface area contributed by atoms with E-state index < -0.39 is 0 Å². The summed E-state index contributed by atoms with van der Waals surface area (Å²) < 4.78 is 7.38. The zero-order valence-electron chi connectivity index (χ0n) is 19.3. The van der Waals surface area contributed by atoms with Crippen LogP contribution in [0.2, 0.25) is 0 Å². The Morgan fingerprint density at radius 1 is 1.23 bits per heavy atom. The number of rotatable bonds is 8. The molecule has 4 N–H and O–H groups in total. The lowest BCUT2D eigenvalue weighted by atomic mass is 9.60. The van der Waals surface area contributed by atoms with E-state index in [9.17, 15) is 0 Å². The molecular formula is C24H38N6O. The molecule has 1 saturated carbocycles. The minimum Gasteiger partial charge on any atom is -0.495 e. The van der Waals surface area contributed by atoms with Crippen molar-refractivity contribution in [2.75, 3.05) is 50.5 Å². The van der Waals surface area contributed by atoms with Crippen LogP contribution in [0.5, 0.6) is 5.75 Å². The van der Waals surface area contributed by atoms with Gasteiger partial charge in [0.25, 0.3) is 0 Å². The second kappa shape index (κ2) is 9.09. The van der Waals surface area contributed by atoms with Gasteiger partial charge in [-0.25, -0.2) is 0 Å². The van der Waals surface area contributed by atoms with Gasteiger partial charge in [0.15, 0.2) is 0 Å². The van der Waals surface area contributed by atoms with E-state index >= 15 is 0 Å². The summed E-state index contributed by atoms with van der Waals surface area (Å²) in [6.07, 6.45) is 10.3. The SMILES string of the molecule is CCCN(CCN)C1CC2(CCN(c3cc(OC)c(N)cc3-c3cnn(C)c3)CC2)C1. The summed E-state index contributed by atoms with van der Waals surface area (Å²) in [7, 11) is 3.63. The van der Waals surface area contributed by atoms with Gasteiger partial charge in [0.05, 0.1) is 19.0 Å². The highest BCUT2D eigenvalue weighted by Gasteiger charge is 2.47. The number of aromatic nitrogens is 2. The van der Waals surface area contributed by atoms with Crippen LogP contribution in [0, 0.1) is 5.41 Å². The van der Waals surface area contributed by atoms with Gasteiger partial charge in [0.2, 0.25) is 0 Å². The second-order valence-electron chi connectivity index (χ2n) is 9.39. The van der Waals surface area contributed by atoms with Crippen LogP contribution in [0.25, 0.3) is 11.1 Å². The highest BCUT2D eigenvalue weighted by molar-refractivity contribution is 5.83. The van der Waals surface area contributed by atoms with Gasteiger partial charge in [-0.1, -0.05) is 6.92 Å². The third kappa shape index (κ3) is 4.39. The van der Waals surface area contributed by atoms with Crippen LogP contribution < -0.4 is 21.1 Å². The van der Waals surface area contributed by atoms with E-state index in [1.165, 1.54) is 44.3 Å². The predicted molar refractivity (Wildman–Crippen MR) is 127 cm³/mol. The lowest BCUT2D eigenvalue weighted by molar-refractivity contribution is -0.0153. The van der Waals surface area contributed by atoms with Crippen LogP contribution in [0.4, 0.5) is 11.4 Å². The number of methoxy groups -OCH3 is 1. The Balaban J connectivity index is 1.48. The molecule has 4 rings (SSSR count). The number of benzene rings is 1. The van der Waals surface area contributed by atoms with Gasteiger partial charge >= 0.3 is 0 Å². The average molecular weight is 427 g/mol. The van der Waals surface area contributed by atoms with Crippen molar-refractivity contribution in [2.24, 2.45) is 18.2 Å². The van der Waals surface area contributed by atoms with Gasteiger partial charge in [0, 0.05) is 68.3 Å². The van der Waals surface area contributed by atoms with E-state index in [-0.39, 0.29) is 0 Å². The molecule has 1 aromatic carbocycles. The van der Waals surface area contributed by atoms with Crippen molar-refractivity contribution in [1.29, 1.82) is 0 Å². The number of hydrogen-bond acceptors (Lipinski definition) is 6. The third-order valence-corrected chi connectivity index (χ3v) is 7.31. The lowest BCUT2D eigenvalue weighted by Crippen LogP contribution is -2.56. The third-order valence-electron chi connectivity index (χ3n) is 7.31. The van der Waals surface area contributed by atoms with E-state index in [0.29, 0.717) is 11.1 Å². The number of hydrogen-bond donors (Lipinski definition) is 2. The van der Waals surface area contributed by atoms with Crippen molar-refractivity contribution in [1.82, 2.24) is 14.7 Å². The molecule has 170 valence electrons. The first-order chi connectivity index (χ1) is 15.0. The molecule has 2 aliphatic rings. The quantitative estimate of drug-likeness (QED) is 0.631. The molecule has 2 fully saturated rings. The van der Waals surface area contributed by atoms with E-state index in [2.05, 4.69) is 27.9 Å². The molecule has 1 saturated heterocycles. The van der Waals surface area contributed by atoms with Crippen molar-refractivity contribution in [3.8, 4) is 16.9 Å². The predicted octanol–water partition coefficient (Wildman–Crippen LogP) is 3.10. The maximum absolute atomic E-state index is 6.26. The summed E-state index contributed by atoms with van der Waals surface area (Å²) in [5.41, 5.74) is 16.7. The average Bonchev–Trinajstić information content (AvgIpc) is 3.18. The van der Waals surface area contributed by atoms with Gasteiger partial charge in [-0.2, -0.15) is 5.10 Å². The zero-order chi connectivity index (χ0) is 22.0. The molecule has 1 aliphatic carbocycles. The largest absolute Gasteiger partial charge is 0.495 e. The number of nitrogen functional groups attached to an aromatic ring is 1. The Bertz CT molecular complexity index is 872. The van der Waals surface area contributed by atoms with Gasteiger partial charge < -0.3 is 21.1 Å². The number of aryl methyl sites for hydroxylation is 1. The molecule has 7 nitrogen and oxygen atoms in total. The minimum atomic E-state index is 0.508. The fourth-order valence-electron chi connectivity index (χ4n) is 5.57. The van der Waals surface area contributed by atoms with E-state index in [1.807, 2.05) is 30.2 Å². The minimum absolute atomic E-state index is 0.508. The molecule has 2 heterocycles. The molecule has 1 aliphatic heterocycles. The van der Waals surface area contributed by atoms with Crippen LogP contribution in [0.1, 0.15) is 39.0 Å². The van der Waals surface area contributed by atoms with E-state index in [0.717, 1.165) is 49.1 Å². The first kappa shape index (κ1) is 22.0. The fourth-order valence-corrected chi connectivity index (χ4v) is 5.57. The molecule has 0 unspecified atom stereocenters. The second-order valence-corrected chi connectivity index (χ2v) is 9.39. The summed E-state index contributed by atoms with van der Waals surface area (Å²) in [6.45, 7) is 7.35. The molecule has 31 heavy (non-hydrogen) atoms.